The van der Waals surface area contributed by atoms with Crippen LogP contribution in [0.2, 0.25) is 0 Å². The standard InChI is InChI=1S/C10H6FNO/c11-8-2-4-10-7(5-8)1-3-9(6-13)12-10/h1-6H. The van der Waals surface area contributed by atoms with Gasteiger partial charge < -0.3 is 0 Å². The normalized spacial score (nSPS) is 10.2. The number of carbonyl (C=O) groups excluding carboxylic acids is 1. The molecule has 2 rings (SSSR count). The van der Waals surface area contributed by atoms with Crippen LogP contribution in [0.1, 0.15) is 10.5 Å². The first-order valence-corrected chi connectivity index (χ1v) is 3.81. The monoisotopic (exact) mass is 175 g/mol. The van der Waals surface area contributed by atoms with Crippen molar-refractivity contribution in [3.63, 3.8) is 0 Å². The van der Waals surface area contributed by atoms with E-state index in [9.17, 15) is 9.18 Å². The van der Waals surface area contributed by atoms with Crippen LogP contribution in [0, 0.1) is 5.82 Å². The van der Waals surface area contributed by atoms with Crippen LogP contribution in [0.5, 0.6) is 0 Å². The molecule has 0 N–H and O–H groups in total. The highest BCUT2D eigenvalue weighted by Gasteiger charge is 1.98. The lowest BCUT2D eigenvalue weighted by Crippen LogP contribution is -1.87. The fourth-order valence-corrected chi connectivity index (χ4v) is 1.18. The minimum absolute atomic E-state index is 0.298. The van der Waals surface area contributed by atoms with Gasteiger partial charge in [-0.1, -0.05) is 6.07 Å². The van der Waals surface area contributed by atoms with Crippen LogP contribution >= 0.6 is 0 Å². The van der Waals surface area contributed by atoms with Crippen LogP contribution in [0.25, 0.3) is 10.9 Å². The van der Waals surface area contributed by atoms with Crippen molar-refractivity contribution in [2.45, 2.75) is 0 Å². The zero-order valence-electron chi connectivity index (χ0n) is 6.70. The predicted molar refractivity (Wildman–Crippen MR) is 47.1 cm³/mol. The van der Waals surface area contributed by atoms with E-state index in [2.05, 4.69) is 4.98 Å². The zero-order chi connectivity index (χ0) is 9.26. The lowest BCUT2D eigenvalue weighted by atomic mass is 10.2. The Morgan fingerprint density at radius 1 is 1.23 bits per heavy atom. The van der Waals surface area contributed by atoms with E-state index in [1.165, 1.54) is 12.1 Å². The van der Waals surface area contributed by atoms with Gasteiger partial charge in [0.1, 0.15) is 11.5 Å². The summed E-state index contributed by atoms with van der Waals surface area (Å²) in [5.41, 5.74) is 0.991. The first-order valence-electron chi connectivity index (χ1n) is 3.81. The molecule has 2 nitrogen and oxygen atoms in total. The Labute approximate surface area is 74.0 Å². The fourth-order valence-electron chi connectivity index (χ4n) is 1.18. The van der Waals surface area contributed by atoms with Gasteiger partial charge in [-0.05, 0) is 24.3 Å². The Morgan fingerprint density at radius 2 is 2.08 bits per heavy atom. The second-order valence-electron chi connectivity index (χ2n) is 2.69. The van der Waals surface area contributed by atoms with Crippen molar-refractivity contribution in [3.05, 3.63) is 41.8 Å². The van der Waals surface area contributed by atoms with E-state index >= 15 is 0 Å². The molecule has 0 aliphatic rings. The molecule has 0 fully saturated rings. The molecule has 0 bridgehead atoms. The van der Waals surface area contributed by atoms with E-state index in [0.29, 0.717) is 22.9 Å². The maximum Gasteiger partial charge on any atom is 0.168 e. The molecule has 64 valence electrons. The molecule has 0 spiro atoms. The third kappa shape index (κ3) is 1.40. The Morgan fingerprint density at radius 3 is 2.85 bits per heavy atom. The molecule has 13 heavy (non-hydrogen) atoms. The molecular weight excluding hydrogens is 169 g/mol. The van der Waals surface area contributed by atoms with Gasteiger partial charge in [-0.25, -0.2) is 9.37 Å². The summed E-state index contributed by atoms with van der Waals surface area (Å²) in [6.07, 6.45) is 0.669. The molecule has 0 aliphatic heterocycles. The third-order valence-corrected chi connectivity index (χ3v) is 1.79. The van der Waals surface area contributed by atoms with Crippen molar-refractivity contribution in [2.24, 2.45) is 0 Å². The quantitative estimate of drug-likeness (QED) is 0.622. The number of aromatic nitrogens is 1. The molecular formula is C10H6FNO. The summed E-state index contributed by atoms with van der Waals surface area (Å²) < 4.78 is 12.7. The van der Waals surface area contributed by atoms with Crippen molar-refractivity contribution >= 4 is 17.2 Å². The van der Waals surface area contributed by atoms with Gasteiger partial charge in [0, 0.05) is 5.39 Å². The second-order valence-corrected chi connectivity index (χ2v) is 2.69. The SMILES string of the molecule is O=Cc1ccc2cc(F)ccc2n1. The van der Waals surface area contributed by atoms with Gasteiger partial charge in [0.15, 0.2) is 6.29 Å². The van der Waals surface area contributed by atoms with Gasteiger partial charge in [0.2, 0.25) is 0 Å². The topological polar surface area (TPSA) is 30.0 Å². The smallest absolute Gasteiger partial charge is 0.168 e. The number of halogens is 1. The lowest BCUT2D eigenvalue weighted by molar-refractivity contribution is 0.111. The molecule has 0 radical (unpaired) electrons. The number of carbonyl (C=O) groups is 1. The third-order valence-electron chi connectivity index (χ3n) is 1.79. The van der Waals surface area contributed by atoms with Crippen LogP contribution in [0.4, 0.5) is 4.39 Å². The average Bonchev–Trinajstić information content (AvgIpc) is 2.17. The molecule has 1 aromatic carbocycles. The van der Waals surface area contributed by atoms with Crippen LogP contribution in [-0.4, -0.2) is 11.3 Å². The summed E-state index contributed by atoms with van der Waals surface area (Å²) in [5.74, 6) is -0.298. The molecule has 3 heteroatoms. The van der Waals surface area contributed by atoms with E-state index < -0.39 is 0 Å². The number of rotatable bonds is 1. The first kappa shape index (κ1) is 7.86. The summed E-state index contributed by atoms with van der Waals surface area (Å²) in [6, 6.07) is 7.50. The minimum atomic E-state index is -0.298. The van der Waals surface area contributed by atoms with Crippen molar-refractivity contribution in [2.75, 3.05) is 0 Å². The van der Waals surface area contributed by atoms with Crippen molar-refractivity contribution in [1.29, 1.82) is 0 Å². The van der Waals surface area contributed by atoms with E-state index in [1.807, 2.05) is 0 Å². The summed E-state index contributed by atoms with van der Waals surface area (Å²) in [5, 5.41) is 0.700. The van der Waals surface area contributed by atoms with Crippen LogP contribution in [-0.2, 0) is 0 Å². The van der Waals surface area contributed by atoms with E-state index in [0.717, 1.165) is 0 Å². The fraction of sp³-hybridized carbons (Fsp3) is 0. The highest BCUT2D eigenvalue weighted by molar-refractivity contribution is 5.83. The molecule has 1 aromatic heterocycles. The van der Waals surface area contributed by atoms with Crippen molar-refractivity contribution in [3.8, 4) is 0 Å². The van der Waals surface area contributed by atoms with E-state index in [-0.39, 0.29) is 5.82 Å². The first-order chi connectivity index (χ1) is 6.29. The molecule has 0 unspecified atom stereocenters. The van der Waals surface area contributed by atoms with Crippen molar-refractivity contribution < 1.29 is 9.18 Å². The molecule has 0 atom stereocenters. The predicted octanol–water partition coefficient (Wildman–Crippen LogP) is 2.19. The van der Waals surface area contributed by atoms with E-state index in [4.69, 9.17) is 0 Å². The Kier molecular flexibility index (Phi) is 1.77. The van der Waals surface area contributed by atoms with Crippen molar-refractivity contribution in [1.82, 2.24) is 4.98 Å². The van der Waals surface area contributed by atoms with Gasteiger partial charge in [-0.3, -0.25) is 4.79 Å². The van der Waals surface area contributed by atoms with Gasteiger partial charge in [-0.2, -0.15) is 0 Å². The van der Waals surface area contributed by atoms with Crippen LogP contribution in [0.3, 0.4) is 0 Å². The maximum absolute atomic E-state index is 12.7. The number of hydrogen-bond donors (Lipinski definition) is 0. The molecule has 0 amide bonds. The molecule has 0 saturated carbocycles. The average molecular weight is 175 g/mol. The van der Waals surface area contributed by atoms with Gasteiger partial charge >= 0.3 is 0 Å². The summed E-state index contributed by atoms with van der Waals surface area (Å²) >= 11 is 0. The van der Waals surface area contributed by atoms with Crippen LogP contribution < -0.4 is 0 Å². The number of pyridine rings is 1. The summed E-state index contributed by atoms with van der Waals surface area (Å²) in [6.45, 7) is 0. The zero-order valence-corrected chi connectivity index (χ0v) is 6.70. The summed E-state index contributed by atoms with van der Waals surface area (Å²) in [7, 11) is 0. The van der Waals surface area contributed by atoms with Gasteiger partial charge in [-0.15, -0.1) is 0 Å². The maximum atomic E-state index is 12.7. The Balaban J connectivity index is 2.73. The molecule has 2 aromatic rings. The molecule has 1 heterocycles. The summed E-state index contributed by atoms with van der Waals surface area (Å²) in [4.78, 5) is 14.4. The van der Waals surface area contributed by atoms with Gasteiger partial charge in [0.25, 0.3) is 0 Å². The minimum Gasteiger partial charge on any atom is -0.296 e. The molecule has 0 saturated heterocycles. The lowest BCUT2D eigenvalue weighted by Gasteiger charge is -1.96. The second kappa shape index (κ2) is 2.94. The number of hydrogen-bond acceptors (Lipinski definition) is 2. The van der Waals surface area contributed by atoms with Crippen LogP contribution in [0.15, 0.2) is 30.3 Å². The molecule has 0 aliphatic carbocycles. The number of fused-ring (bicyclic) bond motifs is 1. The number of nitrogens with zero attached hydrogens (tertiary/aromatic N) is 1. The van der Waals surface area contributed by atoms with E-state index in [1.54, 1.807) is 18.2 Å². The largest absolute Gasteiger partial charge is 0.296 e. The number of aldehydes is 1. The number of benzene rings is 1. The Bertz CT molecular complexity index is 467. The van der Waals surface area contributed by atoms with Gasteiger partial charge in [0.05, 0.1) is 5.52 Å². The highest BCUT2D eigenvalue weighted by atomic mass is 19.1. The highest BCUT2D eigenvalue weighted by Crippen LogP contribution is 2.13. The Hall–Kier alpha value is -1.77.